The van der Waals surface area contributed by atoms with Crippen LogP contribution in [-0.4, -0.2) is 17.1 Å². The van der Waals surface area contributed by atoms with E-state index in [1.807, 2.05) is 6.07 Å². The molecule has 0 aliphatic carbocycles. The molecule has 0 bridgehead atoms. The number of para-hydroxylation sites is 1. The molecule has 3 rings (SSSR count). The van der Waals surface area contributed by atoms with E-state index in [4.69, 9.17) is 11.6 Å². The van der Waals surface area contributed by atoms with E-state index in [9.17, 15) is 0 Å². The number of alkyl halides is 1. The Morgan fingerprint density at radius 1 is 1.30 bits per heavy atom. The normalized spacial score (nSPS) is 22.6. The average Bonchev–Trinajstić information content (AvgIpc) is 2.86. The Morgan fingerprint density at radius 3 is 2.85 bits per heavy atom. The van der Waals surface area contributed by atoms with Gasteiger partial charge in [0, 0.05) is 23.2 Å². The van der Waals surface area contributed by atoms with Crippen molar-refractivity contribution in [2.75, 3.05) is 4.90 Å². The maximum absolute atomic E-state index is 6.03. The Kier molecular flexibility index (Phi) is 3.84. The molecular weight excluding hydrogens is 268 g/mol. The van der Waals surface area contributed by atoms with E-state index in [-0.39, 0.29) is 0 Å². The van der Waals surface area contributed by atoms with Crippen LogP contribution in [-0.2, 0) is 5.88 Å². The summed E-state index contributed by atoms with van der Waals surface area (Å²) < 4.78 is 0. The van der Waals surface area contributed by atoms with Crippen molar-refractivity contribution in [2.24, 2.45) is 0 Å². The van der Waals surface area contributed by atoms with Crippen LogP contribution in [0.3, 0.4) is 0 Å². The van der Waals surface area contributed by atoms with Gasteiger partial charge in [-0.2, -0.15) is 0 Å². The lowest BCUT2D eigenvalue weighted by Crippen LogP contribution is -2.34. The van der Waals surface area contributed by atoms with Crippen molar-refractivity contribution in [1.82, 2.24) is 4.98 Å². The summed E-state index contributed by atoms with van der Waals surface area (Å²) in [6.07, 6.45) is 3.74. The molecule has 2 heterocycles. The number of hydrogen-bond acceptors (Lipinski definition) is 2. The predicted molar refractivity (Wildman–Crippen MR) is 86.6 cm³/mol. The van der Waals surface area contributed by atoms with Crippen molar-refractivity contribution >= 4 is 28.2 Å². The van der Waals surface area contributed by atoms with Crippen molar-refractivity contribution in [3.05, 3.63) is 36.0 Å². The number of fused-ring (bicyclic) bond motifs is 1. The summed E-state index contributed by atoms with van der Waals surface area (Å²) in [6.45, 7) is 4.60. The predicted octanol–water partition coefficient (Wildman–Crippen LogP) is 4.74. The second kappa shape index (κ2) is 5.61. The Hall–Kier alpha value is -1.28. The summed E-state index contributed by atoms with van der Waals surface area (Å²) in [6, 6.07) is 11.8. The second-order valence-electron chi connectivity index (χ2n) is 5.68. The van der Waals surface area contributed by atoms with Crippen LogP contribution in [0.5, 0.6) is 0 Å². The van der Waals surface area contributed by atoms with Crippen LogP contribution in [0.25, 0.3) is 10.9 Å². The van der Waals surface area contributed by atoms with Crippen molar-refractivity contribution in [1.29, 1.82) is 0 Å². The number of aromatic nitrogens is 1. The first kappa shape index (κ1) is 13.7. The van der Waals surface area contributed by atoms with E-state index >= 15 is 0 Å². The molecule has 1 saturated heterocycles. The molecule has 0 N–H and O–H groups in total. The summed E-state index contributed by atoms with van der Waals surface area (Å²) in [7, 11) is 0. The van der Waals surface area contributed by atoms with Crippen LogP contribution in [0, 0.1) is 0 Å². The van der Waals surface area contributed by atoms with Gasteiger partial charge in [0.1, 0.15) is 0 Å². The van der Waals surface area contributed by atoms with Gasteiger partial charge in [0.05, 0.1) is 17.1 Å². The first-order chi connectivity index (χ1) is 9.74. The van der Waals surface area contributed by atoms with E-state index in [1.165, 1.54) is 30.3 Å². The molecule has 3 heteroatoms. The first-order valence-corrected chi connectivity index (χ1v) is 8.01. The van der Waals surface area contributed by atoms with Crippen LogP contribution in [0.4, 0.5) is 5.69 Å². The van der Waals surface area contributed by atoms with Crippen LogP contribution in [0.1, 0.15) is 38.8 Å². The topological polar surface area (TPSA) is 16.1 Å². The van der Waals surface area contributed by atoms with Gasteiger partial charge < -0.3 is 4.90 Å². The van der Waals surface area contributed by atoms with E-state index in [0.29, 0.717) is 18.0 Å². The minimum atomic E-state index is 0.469. The van der Waals surface area contributed by atoms with Crippen LogP contribution in [0.2, 0.25) is 0 Å². The van der Waals surface area contributed by atoms with Crippen molar-refractivity contribution in [3.63, 3.8) is 0 Å². The second-order valence-corrected chi connectivity index (χ2v) is 5.95. The number of hydrogen-bond donors (Lipinski definition) is 0. The SMILES string of the molecule is CCC1CCC(C)N1c1cc(CCl)nc2ccccc12. The Bertz CT molecular complexity index is 611. The van der Waals surface area contributed by atoms with Gasteiger partial charge in [-0.25, -0.2) is 0 Å². The van der Waals surface area contributed by atoms with E-state index in [2.05, 4.69) is 48.0 Å². The molecular formula is C17H21ClN2. The van der Waals surface area contributed by atoms with E-state index < -0.39 is 0 Å². The molecule has 1 aromatic carbocycles. The molecule has 2 nitrogen and oxygen atoms in total. The van der Waals surface area contributed by atoms with Gasteiger partial charge in [-0.3, -0.25) is 4.98 Å². The number of pyridine rings is 1. The maximum atomic E-state index is 6.03. The first-order valence-electron chi connectivity index (χ1n) is 7.47. The van der Waals surface area contributed by atoms with Crippen molar-refractivity contribution in [2.45, 2.75) is 51.1 Å². The highest BCUT2D eigenvalue weighted by molar-refractivity contribution is 6.17. The van der Waals surface area contributed by atoms with Gasteiger partial charge in [-0.15, -0.1) is 11.6 Å². The van der Waals surface area contributed by atoms with Gasteiger partial charge in [-0.1, -0.05) is 25.1 Å². The highest BCUT2D eigenvalue weighted by atomic mass is 35.5. The van der Waals surface area contributed by atoms with E-state index in [1.54, 1.807) is 0 Å². The largest absolute Gasteiger partial charge is 0.365 e. The van der Waals surface area contributed by atoms with Gasteiger partial charge >= 0.3 is 0 Å². The quantitative estimate of drug-likeness (QED) is 0.758. The summed E-state index contributed by atoms with van der Waals surface area (Å²) in [4.78, 5) is 7.23. The molecule has 0 radical (unpaired) electrons. The van der Waals surface area contributed by atoms with Gasteiger partial charge in [0.15, 0.2) is 0 Å². The van der Waals surface area contributed by atoms with Crippen LogP contribution >= 0.6 is 11.6 Å². The van der Waals surface area contributed by atoms with Gasteiger partial charge in [0.25, 0.3) is 0 Å². The lowest BCUT2D eigenvalue weighted by molar-refractivity contribution is 0.629. The number of nitrogens with zero attached hydrogens (tertiary/aromatic N) is 2. The fraction of sp³-hybridized carbons (Fsp3) is 0.471. The Morgan fingerprint density at radius 2 is 2.10 bits per heavy atom. The Labute approximate surface area is 125 Å². The molecule has 106 valence electrons. The fourth-order valence-electron chi connectivity index (χ4n) is 3.40. The van der Waals surface area contributed by atoms with Crippen molar-refractivity contribution in [3.8, 4) is 0 Å². The molecule has 2 unspecified atom stereocenters. The fourth-order valence-corrected chi connectivity index (χ4v) is 3.54. The number of rotatable bonds is 3. The zero-order chi connectivity index (χ0) is 14.1. The van der Waals surface area contributed by atoms with Crippen molar-refractivity contribution < 1.29 is 0 Å². The maximum Gasteiger partial charge on any atom is 0.0726 e. The lowest BCUT2D eigenvalue weighted by Gasteiger charge is -2.31. The molecule has 20 heavy (non-hydrogen) atoms. The summed E-state index contributed by atoms with van der Waals surface area (Å²) in [5.74, 6) is 0.469. The van der Waals surface area contributed by atoms with Gasteiger partial charge in [0.2, 0.25) is 0 Å². The monoisotopic (exact) mass is 288 g/mol. The molecule has 0 amide bonds. The highest BCUT2D eigenvalue weighted by Gasteiger charge is 2.30. The molecule has 2 aromatic rings. The molecule has 0 saturated carbocycles. The third-order valence-corrected chi connectivity index (χ3v) is 4.69. The minimum Gasteiger partial charge on any atom is -0.365 e. The zero-order valence-electron chi connectivity index (χ0n) is 12.1. The standard InChI is InChI=1S/C17H21ClN2/c1-3-14-9-8-12(2)20(14)17-10-13(11-18)19-16-7-5-4-6-15(16)17/h4-7,10,12,14H,3,8-9,11H2,1-2H3. The highest BCUT2D eigenvalue weighted by Crippen LogP contribution is 2.36. The number of benzene rings is 1. The zero-order valence-corrected chi connectivity index (χ0v) is 12.9. The lowest BCUT2D eigenvalue weighted by atomic mass is 10.1. The molecule has 1 aromatic heterocycles. The van der Waals surface area contributed by atoms with E-state index in [0.717, 1.165) is 11.2 Å². The average molecular weight is 289 g/mol. The number of anilines is 1. The summed E-state index contributed by atoms with van der Waals surface area (Å²) in [5, 5.41) is 1.24. The third kappa shape index (κ3) is 2.26. The third-order valence-electron chi connectivity index (χ3n) is 4.42. The minimum absolute atomic E-state index is 0.469. The molecule has 0 spiro atoms. The van der Waals surface area contributed by atoms with Crippen LogP contribution < -0.4 is 4.90 Å². The summed E-state index contributed by atoms with van der Waals surface area (Å²) >= 11 is 6.03. The molecule has 1 aliphatic heterocycles. The number of halogens is 1. The van der Waals surface area contributed by atoms with Crippen LogP contribution in [0.15, 0.2) is 30.3 Å². The smallest absolute Gasteiger partial charge is 0.0726 e. The summed E-state index contributed by atoms with van der Waals surface area (Å²) in [5.41, 5.74) is 3.33. The molecule has 1 aliphatic rings. The Balaban J connectivity index is 2.18. The van der Waals surface area contributed by atoms with Gasteiger partial charge in [-0.05, 0) is 38.3 Å². The molecule has 1 fully saturated rings. The molecule has 2 atom stereocenters.